The molecule has 0 unspecified atom stereocenters. The van der Waals surface area contributed by atoms with Crippen LogP contribution in [0.25, 0.3) is 0 Å². The summed E-state index contributed by atoms with van der Waals surface area (Å²) in [6.45, 7) is 4.62. The molecule has 1 heterocycles. The molecule has 0 saturated carbocycles. The third-order valence-electron chi connectivity index (χ3n) is 4.72. The number of ether oxygens (including phenoxy) is 1. The van der Waals surface area contributed by atoms with Gasteiger partial charge in [0.05, 0.1) is 19.8 Å². The quantitative estimate of drug-likeness (QED) is 0.748. The first kappa shape index (κ1) is 21.2. The highest BCUT2D eigenvalue weighted by Crippen LogP contribution is 2.24. The zero-order valence-electron chi connectivity index (χ0n) is 16.4. The molecule has 0 aromatic heterocycles. The summed E-state index contributed by atoms with van der Waals surface area (Å²) in [4.78, 5) is 11.9. The Bertz CT molecular complexity index is 985. The number of nitrogens with zero attached hydrogens (tertiary/aromatic N) is 1. The van der Waals surface area contributed by atoms with E-state index in [4.69, 9.17) is 4.74 Å². The van der Waals surface area contributed by atoms with Crippen LogP contribution in [-0.2, 0) is 19.6 Å². The Kier molecular flexibility index (Phi) is 6.51. The molecule has 29 heavy (non-hydrogen) atoms. The smallest absolute Gasteiger partial charge is 0.246 e. The SMILES string of the molecule is Cc1cccc(C)c1NC(=O)CNc1ccc(F)c(S(=O)(=O)N2CCOCC2)c1. The van der Waals surface area contributed by atoms with E-state index in [1.165, 1.54) is 16.4 Å². The van der Waals surface area contributed by atoms with Gasteiger partial charge >= 0.3 is 0 Å². The van der Waals surface area contributed by atoms with E-state index in [9.17, 15) is 17.6 Å². The van der Waals surface area contributed by atoms with E-state index in [1.54, 1.807) is 0 Å². The maximum atomic E-state index is 14.3. The Labute approximate surface area is 169 Å². The molecule has 0 spiro atoms. The standard InChI is InChI=1S/C20H24FN3O4S/c1-14-4-3-5-15(2)20(14)23-19(25)13-22-16-6-7-17(21)18(12-16)29(26,27)24-8-10-28-11-9-24/h3-7,12,22H,8-11,13H2,1-2H3,(H,23,25). The second-order valence-corrected chi connectivity index (χ2v) is 8.74. The van der Waals surface area contributed by atoms with Gasteiger partial charge in [0, 0.05) is 24.5 Å². The van der Waals surface area contributed by atoms with E-state index in [0.717, 1.165) is 22.9 Å². The summed E-state index contributed by atoms with van der Waals surface area (Å²) in [6.07, 6.45) is 0. The topological polar surface area (TPSA) is 87.7 Å². The largest absolute Gasteiger partial charge is 0.379 e. The maximum Gasteiger partial charge on any atom is 0.246 e. The van der Waals surface area contributed by atoms with Crippen LogP contribution in [0.15, 0.2) is 41.3 Å². The van der Waals surface area contributed by atoms with E-state index >= 15 is 0 Å². The minimum atomic E-state index is -3.98. The highest BCUT2D eigenvalue weighted by atomic mass is 32.2. The molecule has 1 aliphatic heterocycles. The molecule has 0 bridgehead atoms. The zero-order chi connectivity index (χ0) is 21.0. The fourth-order valence-electron chi connectivity index (χ4n) is 3.11. The molecular weight excluding hydrogens is 397 g/mol. The van der Waals surface area contributed by atoms with Crippen molar-refractivity contribution in [2.45, 2.75) is 18.7 Å². The summed E-state index contributed by atoms with van der Waals surface area (Å²) in [6, 6.07) is 9.41. The van der Waals surface area contributed by atoms with Crippen molar-refractivity contribution in [2.24, 2.45) is 0 Å². The van der Waals surface area contributed by atoms with Crippen molar-refractivity contribution >= 4 is 27.3 Å². The predicted octanol–water partition coefficient (Wildman–Crippen LogP) is 2.51. The van der Waals surface area contributed by atoms with Gasteiger partial charge in [0.2, 0.25) is 15.9 Å². The molecule has 1 aliphatic rings. The van der Waals surface area contributed by atoms with Crippen LogP contribution >= 0.6 is 0 Å². The lowest BCUT2D eigenvalue weighted by Crippen LogP contribution is -2.40. The average Bonchev–Trinajstić information content (AvgIpc) is 2.71. The first-order chi connectivity index (χ1) is 13.8. The Hall–Kier alpha value is -2.49. The number of aryl methyl sites for hydroxylation is 2. The maximum absolute atomic E-state index is 14.3. The van der Waals surface area contributed by atoms with Crippen LogP contribution in [0, 0.1) is 19.7 Å². The summed E-state index contributed by atoms with van der Waals surface area (Å²) in [5, 5.41) is 5.70. The van der Waals surface area contributed by atoms with Gasteiger partial charge in [-0.15, -0.1) is 0 Å². The number of halogens is 1. The number of amides is 1. The third-order valence-corrected chi connectivity index (χ3v) is 6.63. The van der Waals surface area contributed by atoms with Gasteiger partial charge in [-0.2, -0.15) is 4.31 Å². The highest BCUT2D eigenvalue weighted by molar-refractivity contribution is 7.89. The molecular formula is C20H24FN3O4S. The second-order valence-electron chi connectivity index (χ2n) is 6.83. The molecule has 9 heteroatoms. The van der Waals surface area contributed by atoms with Crippen molar-refractivity contribution in [3.8, 4) is 0 Å². The lowest BCUT2D eigenvalue weighted by atomic mass is 10.1. The van der Waals surface area contributed by atoms with Gasteiger partial charge in [-0.25, -0.2) is 12.8 Å². The third kappa shape index (κ3) is 4.92. The monoisotopic (exact) mass is 421 g/mol. The number of carbonyl (C=O) groups is 1. The predicted molar refractivity (Wildman–Crippen MR) is 109 cm³/mol. The lowest BCUT2D eigenvalue weighted by molar-refractivity contribution is -0.114. The molecule has 156 valence electrons. The zero-order valence-corrected chi connectivity index (χ0v) is 17.2. The number of morpholine rings is 1. The van der Waals surface area contributed by atoms with Crippen molar-refractivity contribution < 1.29 is 22.3 Å². The van der Waals surface area contributed by atoms with Gasteiger partial charge in [0.1, 0.15) is 10.7 Å². The number of anilines is 2. The normalized spacial score (nSPS) is 15.1. The number of para-hydroxylation sites is 1. The highest BCUT2D eigenvalue weighted by Gasteiger charge is 2.29. The minimum absolute atomic E-state index is 0.0869. The van der Waals surface area contributed by atoms with Gasteiger partial charge < -0.3 is 15.4 Å². The summed E-state index contributed by atoms with van der Waals surface area (Å²) in [5.74, 6) is -1.12. The summed E-state index contributed by atoms with van der Waals surface area (Å²) in [5.41, 5.74) is 2.97. The molecule has 1 fully saturated rings. The molecule has 1 saturated heterocycles. The van der Waals surface area contributed by atoms with Gasteiger partial charge in [-0.05, 0) is 43.2 Å². The van der Waals surface area contributed by atoms with Crippen molar-refractivity contribution in [2.75, 3.05) is 43.5 Å². The Morgan fingerprint density at radius 2 is 1.79 bits per heavy atom. The number of hydrogen-bond donors (Lipinski definition) is 2. The van der Waals surface area contributed by atoms with Crippen molar-refractivity contribution in [1.29, 1.82) is 0 Å². The van der Waals surface area contributed by atoms with Crippen LogP contribution in [0.2, 0.25) is 0 Å². The minimum Gasteiger partial charge on any atom is -0.379 e. The molecule has 2 N–H and O–H groups in total. The summed E-state index contributed by atoms with van der Waals surface area (Å²) in [7, 11) is -3.98. The average molecular weight is 421 g/mol. The van der Waals surface area contributed by atoms with Crippen molar-refractivity contribution in [3.05, 3.63) is 53.3 Å². The van der Waals surface area contributed by atoms with Gasteiger partial charge in [0.25, 0.3) is 0 Å². The first-order valence-corrected chi connectivity index (χ1v) is 10.7. The van der Waals surface area contributed by atoms with Crippen LogP contribution < -0.4 is 10.6 Å². The molecule has 2 aromatic rings. The number of benzene rings is 2. The van der Waals surface area contributed by atoms with E-state index in [-0.39, 0.29) is 38.8 Å². The number of nitrogens with one attached hydrogen (secondary N) is 2. The van der Waals surface area contributed by atoms with Gasteiger partial charge in [-0.3, -0.25) is 4.79 Å². The molecule has 0 aliphatic carbocycles. The first-order valence-electron chi connectivity index (χ1n) is 9.26. The van der Waals surface area contributed by atoms with E-state index < -0.39 is 20.7 Å². The fraction of sp³-hybridized carbons (Fsp3) is 0.350. The van der Waals surface area contributed by atoms with Crippen LogP contribution in [0.5, 0.6) is 0 Å². The fourth-order valence-corrected chi connectivity index (χ4v) is 4.61. The second kappa shape index (κ2) is 8.89. The van der Waals surface area contributed by atoms with Crippen molar-refractivity contribution in [1.82, 2.24) is 4.31 Å². The summed E-state index contributed by atoms with van der Waals surface area (Å²) >= 11 is 0. The lowest BCUT2D eigenvalue weighted by Gasteiger charge is -2.26. The number of hydrogen-bond acceptors (Lipinski definition) is 5. The summed E-state index contributed by atoms with van der Waals surface area (Å²) < 4.78 is 46.1. The van der Waals surface area contributed by atoms with E-state index in [1.807, 2.05) is 32.0 Å². The molecule has 1 amide bonds. The van der Waals surface area contributed by atoms with Crippen LogP contribution in [0.4, 0.5) is 15.8 Å². The van der Waals surface area contributed by atoms with Crippen molar-refractivity contribution in [3.63, 3.8) is 0 Å². The Morgan fingerprint density at radius 1 is 1.14 bits per heavy atom. The number of sulfonamides is 1. The Morgan fingerprint density at radius 3 is 2.45 bits per heavy atom. The van der Waals surface area contributed by atoms with Crippen LogP contribution in [-0.4, -0.2) is 51.5 Å². The van der Waals surface area contributed by atoms with Crippen LogP contribution in [0.1, 0.15) is 11.1 Å². The number of carbonyl (C=O) groups excluding carboxylic acids is 1. The van der Waals surface area contributed by atoms with Crippen LogP contribution in [0.3, 0.4) is 0 Å². The molecule has 3 rings (SSSR count). The Balaban J connectivity index is 1.70. The molecule has 7 nitrogen and oxygen atoms in total. The number of rotatable bonds is 6. The van der Waals surface area contributed by atoms with E-state index in [2.05, 4.69) is 10.6 Å². The van der Waals surface area contributed by atoms with Gasteiger partial charge in [0.15, 0.2) is 0 Å². The van der Waals surface area contributed by atoms with E-state index in [0.29, 0.717) is 5.69 Å². The molecule has 0 atom stereocenters. The molecule has 0 radical (unpaired) electrons. The molecule has 2 aromatic carbocycles. The van der Waals surface area contributed by atoms with Gasteiger partial charge in [-0.1, -0.05) is 18.2 Å².